The molecular weight excluding hydrogens is 369 g/mol. The Morgan fingerprint density at radius 2 is 1.83 bits per heavy atom. The van der Waals surface area contributed by atoms with Crippen molar-refractivity contribution in [2.24, 2.45) is 5.92 Å². The molecule has 1 aliphatic heterocycles. The molecule has 1 aromatic rings. The van der Waals surface area contributed by atoms with Crippen LogP contribution < -0.4 is 0 Å². The number of carbonyl (C=O) groups is 1. The highest BCUT2D eigenvalue weighted by Crippen LogP contribution is 2.24. The second-order valence-corrected chi connectivity index (χ2v) is 10.0. The number of hydrogen-bond donors (Lipinski definition) is 0. The molecule has 1 aromatic carbocycles. The number of amides is 1. The van der Waals surface area contributed by atoms with Crippen LogP contribution >= 0.6 is 23.2 Å². The molecule has 1 heterocycles. The van der Waals surface area contributed by atoms with E-state index >= 15 is 0 Å². The van der Waals surface area contributed by atoms with E-state index in [4.69, 9.17) is 23.2 Å². The number of halogens is 2. The highest BCUT2D eigenvalue weighted by Gasteiger charge is 2.28. The van der Waals surface area contributed by atoms with Crippen molar-refractivity contribution >= 4 is 38.9 Å². The van der Waals surface area contributed by atoms with Gasteiger partial charge in [-0.1, -0.05) is 29.3 Å². The van der Waals surface area contributed by atoms with Gasteiger partial charge in [-0.3, -0.25) is 4.79 Å². The quantitative estimate of drug-likeness (QED) is 0.770. The minimum Gasteiger partial charge on any atom is -0.342 e. The number of likely N-dealkylation sites (tertiary alicyclic amines) is 1. The number of hydrogen-bond acceptors (Lipinski definition) is 3. The van der Waals surface area contributed by atoms with Crippen molar-refractivity contribution in [1.82, 2.24) is 4.90 Å². The third kappa shape index (κ3) is 5.11. The molecule has 1 amide bonds. The van der Waals surface area contributed by atoms with E-state index in [-0.39, 0.29) is 29.2 Å². The van der Waals surface area contributed by atoms with E-state index in [9.17, 15) is 13.2 Å². The SMILES string of the molecule is CC(C)S(=O)(=O)CC1CCN(C(=O)Cc2ccc(Cl)c(Cl)c2)CC1. The third-order valence-corrected chi connectivity index (χ3v) is 7.60. The largest absolute Gasteiger partial charge is 0.342 e. The van der Waals surface area contributed by atoms with Crippen molar-refractivity contribution in [1.29, 1.82) is 0 Å². The van der Waals surface area contributed by atoms with Gasteiger partial charge >= 0.3 is 0 Å². The van der Waals surface area contributed by atoms with E-state index in [1.54, 1.807) is 36.9 Å². The van der Waals surface area contributed by atoms with E-state index in [2.05, 4.69) is 0 Å². The number of sulfone groups is 1. The minimum atomic E-state index is -3.02. The van der Waals surface area contributed by atoms with Crippen LogP contribution in [-0.2, 0) is 21.1 Å². The number of piperidine rings is 1. The van der Waals surface area contributed by atoms with Crippen molar-refractivity contribution in [3.05, 3.63) is 33.8 Å². The molecule has 0 N–H and O–H groups in total. The van der Waals surface area contributed by atoms with E-state index in [0.717, 1.165) is 18.4 Å². The predicted octanol–water partition coefficient (Wildman–Crippen LogP) is 3.60. The average molecular weight is 392 g/mol. The fourth-order valence-corrected chi connectivity index (χ4v) is 4.50. The van der Waals surface area contributed by atoms with Crippen molar-refractivity contribution in [2.45, 2.75) is 38.4 Å². The summed E-state index contributed by atoms with van der Waals surface area (Å²) in [6.07, 6.45) is 1.75. The summed E-state index contributed by atoms with van der Waals surface area (Å²) in [6, 6.07) is 5.20. The van der Waals surface area contributed by atoms with Gasteiger partial charge in [-0.25, -0.2) is 8.42 Å². The summed E-state index contributed by atoms with van der Waals surface area (Å²) in [7, 11) is -3.02. The van der Waals surface area contributed by atoms with Crippen LogP contribution in [0.15, 0.2) is 18.2 Å². The van der Waals surface area contributed by atoms with E-state index < -0.39 is 9.84 Å². The molecule has 24 heavy (non-hydrogen) atoms. The van der Waals surface area contributed by atoms with Crippen molar-refractivity contribution < 1.29 is 13.2 Å². The Labute approximate surface area is 154 Å². The highest BCUT2D eigenvalue weighted by atomic mass is 35.5. The van der Waals surface area contributed by atoms with Gasteiger partial charge in [0.25, 0.3) is 0 Å². The maximum atomic E-state index is 12.4. The van der Waals surface area contributed by atoms with E-state index in [0.29, 0.717) is 23.1 Å². The molecule has 1 saturated heterocycles. The molecular formula is C17H23Cl2NO3S. The van der Waals surface area contributed by atoms with Crippen LogP contribution in [0, 0.1) is 5.92 Å². The summed E-state index contributed by atoms with van der Waals surface area (Å²) in [5.41, 5.74) is 0.832. The number of nitrogens with zero attached hydrogens (tertiary/aromatic N) is 1. The number of carbonyl (C=O) groups excluding carboxylic acids is 1. The first-order valence-electron chi connectivity index (χ1n) is 8.12. The number of benzene rings is 1. The fraction of sp³-hybridized carbons (Fsp3) is 0.588. The van der Waals surface area contributed by atoms with Crippen LogP contribution in [0.25, 0.3) is 0 Å². The van der Waals surface area contributed by atoms with Crippen molar-refractivity contribution in [2.75, 3.05) is 18.8 Å². The van der Waals surface area contributed by atoms with Gasteiger partial charge in [0.2, 0.25) is 5.91 Å². The standard InChI is InChI=1S/C17H23Cl2NO3S/c1-12(2)24(22,23)11-13-5-7-20(8-6-13)17(21)10-14-3-4-15(18)16(19)9-14/h3-4,9,12-13H,5-8,10-11H2,1-2H3. The van der Waals surface area contributed by atoms with Crippen LogP contribution in [0.4, 0.5) is 0 Å². The predicted molar refractivity (Wildman–Crippen MR) is 98.4 cm³/mol. The van der Waals surface area contributed by atoms with Crippen LogP contribution in [0.3, 0.4) is 0 Å². The Hall–Kier alpha value is -0.780. The maximum Gasteiger partial charge on any atom is 0.226 e. The minimum absolute atomic E-state index is 0.0403. The zero-order valence-electron chi connectivity index (χ0n) is 14.0. The highest BCUT2D eigenvalue weighted by molar-refractivity contribution is 7.91. The summed E-state index contributed by atoms with van der Waals surface area (Å²) < 4.78 is 24.0. The Kier molecular flexibility index (Phi) is 6.57. The van der Waals surface area contributed by atoms with Crippen LogP contribution in [0.1, 0.15) is 32.3 Å². The summed E-state index contributed by atoms with van der Waals surface area (Å²) in [6.45, 7) is 4.65. The first-order valence-corrected chi connectivity index (χ1v) is 10.6. The summed E-state index contributed by atoms with van der Waals surface area (Å²) in [5, 5.41) is 0.575. The van der Waals surface area contributed by atoms with E-state index in [1.165, 1.54) is 0 Å². The Bertz CT molecular complexity index is 696. The lowest BCUT2D eigenvalue weighted by Gasteiger charge is -2.32. The molecule has 2 rings (SSSR count). The van der Waals surface area contributed by atoms with E-state index in [1.807, 2.05) is 0 Å². The molecule has 4 nitrogen and oxygen atoms in total. The summed E-state index contributed by atoms with van der Waals surface area (Å²) in [5.74, 6) is 0.407. The smallest absolute Gasteiger partial charge is 0.226 e. The zero-order valence-corrected chi connectivity index (χ0v) is 16.3. The molecule has 134 valence electrons. The number of rotatable bonds is 5. The molecule has 0 aromatic heterocycles. The molecule has 7 heteroatoms. The lowest BCUT2D eigenvalue weighted by Crippen LogP contribution is -2.41. The zero-order chi connectivity index (χ0) is 17.9. The molecule has 0 atom stereocenters. The van der Waals surface area contributed by atoms with Crippen LogP contribution in [0.5, 0.6) is 0 Å². The first kappa shape index (κ1) is 19.5. The molecule has 0 saturated carbocycles. The Balaban J connectivity index is 1.87. The maximum absolute atomic E-state index is 12.4. The molecule has 0 aliphatic carbocycles. The lowest BCUT2D eigenvalue weighted by atomic mass is 9.98. The monoisotopic (exact) mass is 391 g/mol. The second kappa shape index (κ2) is 8.07. The van der Waals surface area contributed by atoms with Crippen LogP contribution in [-0.4, -0.2) is 43.3 Å². The van der Waals surface area contributed by atoms with Gasteiger partial charge in [0.15, 0.2) is 9.84 Å². The Morgan fingerprint density at radius 3 is 2.38 bits per heavy atom. The summed E-state index contributed by atoms with van der Waals surface area (Å²) in [4.78, 5) is 14.2. The lowest BCUT2D eigenvalue weighted by molar-refractivity contribution is -0.131. The van der Waals surface area contributed by atoms with Gasteiger partial charge in [0.05, 0.1) is 27.5 Å². The molecule has 1 aliphatic rings. The van der Waals surface area contributed by atoms with Gasteiger partial charge in [0.1, 0.15) is 0 Å². The molecule has 0 bridgehead atoms. The van der Waals surface area contributed by atoms with Gasteiger partial charge < -0.3 is 4.90 Å². The first-order chi connectivity index (χ1) is 11.2. The second-order valence-electron chi connectivity index (χ2n) is 6.63. The van der Waals surface area contributed by atoms with Crippen LogP contribution in [0.2, 0.25) is 10.0 Å². The average Bonchev–Trinajstić information content (AvgIpc) is 2.51. The molecule has 0 unspecified atom stereocenters. The van der Waals surface area contributed by atoms with Crippen molar-refractivity contribution in [3.63, 3.8) is 0 Å². The van der Waals surface area contributed by atoms with Gasteiger partial charge in [0, 0.05) is 13.1 Å². The Morgan fingerprint density at radius 1 is 1.21 bits per heavy atom. The normalized spacial score (nSPS) is 16.6. The van der Waals surface area contributed by atoms with Crippen molar-refractivity contribution in [3.8, 4) is 0 Å². The third-order valence-electron chi connectivity index (χ3n) is 4.49. The van der Waals surface area contributed by atoms with Gasteiger partial charge in [-0.2, -0.15) is 0 Å². The molecule has 1 fully saturated rings. The fourth-order valence-electron chi connectivity index (χ4n) is 2.81. The topological polar surface area (TPSA) is 54.5 Å². The molecule has 0 radical (unpaired) electrons. The van der Waals surface area contributed by atoms with Gasteiger partial charge in [-0.15, -0.1) is 0 Å². The molecule has 0 spiro atoms. The van der Waals surface area contributed by atoms with Gasteiger partial charge in [-0.05, 0) is 50.3 Å². The summed E-state index contributed by atoms with van der Waals surface area (Å²) >= 11 is 11.9.